The van der Waals surface area contributed by atoms with E-state index in [-0.39, 0.29) is 5.92 Å². The van der Waals surface area contributed by atoms with Crippen molar-refractivity contribution < 1.29 is 8.42 Å². The van der Waals surface area contributed by atoms with Crippen molar-refractivity contribution in [3.05, 3.63) is 0 Å². The maximum Gasteiger partial charge on any atom is 0.214 e. The third-order valence-corrected chi connectivity index (χ3v) is 6.67. The summed E-state index contributed by atoms with van der Waals surface area (Å²) in [5.41, 5.74) is 0. The Morgan fingerprint density at radius 1 is 1.20 bits per heavy atom. The summed E-state index contributed by atoms with van der Waals surface area (Å²) in [5, 5.41) is 3.29. The van der Waals surface area contributed by atoms with Crippen molar-refractivity contribution in [1.82, 2.24) is 14.5 Å². The smallest absolute Gasteiger partial charge is 0.214 e. The van der Waals surface area contributed by atoms with E-state index in [1.54, 1.807) is 11.4 Å². The second-order valence-corrected chi connectivity index (χ2v) is 8.64. The number of sulfonamides is 1. The third-order valence-electron chi connectivity index (χ3n) is 4.67. The van der Waals surface area contributed by atoms with Crippen LogP contribution in [0.4, 0.5) is 0 Å². The normalized spacial score (nSPS) is 27.1. The van der Waals surface area contributed by atoms with Gasteiger partial charge in [0.05, 0.1) is 5.75 Å². The fraction of sp³-hybridized carbons (Fsp3) is 1.00. The first-order valence-electron chi connectivity index (χ1n) is 7.80. The first kappa shape index (κ1) is 16.2. The van der Waals surface area contributed by atoms with Crippen molar-refractivity contribution in [2.24, 2.45) is 11.8 Å². The summed E-state index contributed by atoms with van der Waals surface area (Å²) in [6.45, 7) is 4.75. The van der Waals surface area contributed by atoms with Gasteiger partial charge in [0.15, 0.2) is 0 Å². The number of nitrogens with one attached hydrogen (secondary N) is 1. The van der Waals surface area contributed by atoms with Crippen molar-refractivity contribution in [1.29, 1.82) is 0 Å². The molecule has 2 rings (SSSR count). The molecule has 0 aromatic rings. The number of hydrogen-bond acceptors (Lipinski definition) is 4. The maximum atomic E-state index is 12.4. The van der Waals surface area contributed by atoms with Gasteiger partial charge >= 0.3 is 0 Å². The molecule has 6 heteroatoms. The molecule has 1 atom stereocenters. The van der Waals surface area contributed by atoms with E-state index in [9.17, 15) is 8.42 Å². The first-order chi connectivity index (χ1) is 9.47. The molecule has 5 nitrogen and oxygen atoms in total. The Kier molecular flexibility index (Phi) is 5.84. The average molecular weight is 303 g/mol. The van der Waals surface area contributed by atoms with E-state index in [2.05, 4.69) is 17.3 Å². The van der Waals surface area contributed by atoms with E-state index < -0.39 is 10.0 Å². The second-order valence-electron chi connectivity index (χ2n) is 6.52. The van der Waals surface area contributed by atoms with Crippen LogP contribution in [0, 0.1) is 11.8 Å². The lowest BCUT2D eigenvalue weighted by molar-refractivity contribution is 0.202. The molecule has 2 aliphatic rings. The lowest BCUT2D eigenvalue weighted by Crippen LogP contribution is -2.41. The topological polar surface area (TPSA) is 52.7 Å². The molecular weight excluding hydrogens is 274 g/mol. The molecule has 0 aliphatic carbocycles. The molecule has 2 heterocycles. The Hall–Kier alpha value is -0.170. The Labute approximate surface area is 123 Å². The highest BCUT2D eigenvalue weighted by atomic mass is 32.2. The van der Waals surface area contributed by atoms with Gasteiger partial charge in [0.2, 0.25) is 10.0 Å². The van der Waals surface area contributed by atoms with Gasteiger partial charge in [-0.3, -0.25) is 0 Å². The summed E-state index contributed by atoms with van der Waals surface area (Å²) in [6.07, 6.45) is 4.36. The third kappa shape index (κ3) is 4.69. The zero-order valence-corrected chi connectivity index (χ0v) is 13.7. The molecule has 2 saturated heterocycles. The van der Waals surface area contributed by atoms with E-state index >= 15 is 0 Å². The van der Waals surface area contributed by atoms with Crippen molar-refractivity contribution in [3.63, 3.8) is 0 Å². The number of hydrogen-bond donors (Lipinski definition) is 1. The highest BCUT2D eigenvalue weighted by molar-refractivity contribution is 7.89. The van der Waals surface area contributed by atoms with E-state index in [0.29, 0.717) is 18.2 Å². The van der Waals surface area contributed by atoms with Gasteiger partial charge < -0.3 is 10.2 Å². The minimum atomic E-state index is -3.09. The van der Waals surface area contributed by atoms with Gasteiger partial charge in [-0.1, -0.05) is 0 Å². The van der Waals surface area contributed by atoms with Crippen LogP contribution in [0.2, 0.25) is 0 Å². The summed E-state index contributed by atoms with van der Waals surface area (Å²) in [6, 6.07) is 0. The Morgan fingerprint density at radius 2 is 1.90 bits per heavy atom. The number of likely N-dealkylation sites (tertiary alicyclic amines) is 1. The zero-order valence-electron chi connectivity index (χ0n) is 12.8. The van der Waals surface area contributed by atoms with Gasteiger partial charge in [-0.15, -0.1) is 0 Å². The Bertz CT molecular complexity index is 385. The standard InChI is InChI=1S/C14H29N3O2S/c1-16-8-5-13(6-9-16)11-17(2)20(18,19)12-14-4-3-7-15-10-14/h13-15H,3-12H2,1-2H3. The summed E-state index contributed by atoms with van der Waals surface area (Å²) in [7, 11) is 0.792. The Morgan fingerprint density at radius 3 is 2.50 bits per heavy atom. The van der Waals surface area contributed by atoms with E-state index in [4.69, 9.17) is 0 Å². The predicted molar refractivity (Wildman–Crippen MR) is 82.2 cm³/mol. The van der Waals surface area contributed by atoms with Crippen molar-refractivity contribution in [2.45, 2.75) is 25.7 Å². The monoisotopic (exact) mass is 303 g/mol. The van der Waals surface area contributed by atoms with Crippen LogP contribution in [-0.2, 0) is 10.0 Å². The van der Waals surface area contributed by atoms with Crippen LogP contribution in [-0.4, -0.2) is 70.2 Å². The molecule has 0 spiro atoms. The van der Waals surface area contributed by atoms with Crippen LogP contribution >= 0.6 is 0 Å². The van der Waals surface area contributed by atoms with Crippen LogP contribution in [0.1, 0.15) is 25.7 Å². The molecule has 20 heavy (non-hydrogen) atoms. The van der Waals surface area contributed by atoms with Crippen molar-refractivity contribution >= 4 is 10.0 Å². The molecule has 0 bridgehead atoms. The molecule has 2 aliphatic heterocycles. The Balaban J connectivity index is 1.81. The van der Waals surface area contributed by atoms with Crippen molar-refractivity contribution in [2.75, 3.05) is 52.6 Å². The van der Waals surface area contributed by atoms with Crippen molar-refractivity contribution in [3.8, 4) is 0 Å². The van der Waals surface area contributed by atoms with Crippen LogP contribution in [0.5, 0.6) is 0 Å². The van der Waals surface area contributed by atoms with E-state index in [1.165, 1.54) is 0 Å². The molecule has 0 radical (unpaired) electrons. The molecule has 0 saturated carbocycles. The molecule has 118 valence electrons. The van der Waals surface area contributed by atoms with Crippen LogP contribution in [0.25, 0.3) is 0 Å². The molecule has 0 amide bonds. The fourth-order valence-electron chi connectivity index (χ4n) is 3.21. The molecule has 0 aromatic carbocycles. The van der Waals surface area contributed by atoms with Gasteiger partial charge in [-0.05, 0) is 70.7 Å². The average Bonchev–Trinajstić information content (AvgIpc) is 2.42. The minimum Gasteiger partial charge on any atom is -0.316 e. The largest absolute Gasteiger partial charge is 0.316 e. The lowest BCUT2D eigenvalue weighted by Gasteiger charge is -2.32. The van der Waals surface area contributed by atoms with Gasteiger partial charge in [0, 0.05) is 13.6 Å². The van der Waals surface area contributed by atoms with Crippen LogP contribution < -0.4 is 5.32 Å². The molecule has 0 aromatic heterocycles. The maximum absolute atomic E-state index is 12.4. The molecule has 1 N–H and O–H groups in total. The summed E-state index contributed by atoms with van der Waals surface area (Å²) in [5.74, 6) is 1.12. The molecular formula is C14H29N3O2S. The minimum absolute atomic E-state index is 0.286. The predicted octanol–water partition coefficient (Wildman–Crippen LogP) is 0.589. The number of piperidine rings is 2. The van der Waals surface area contributed by atoms with Gasteiger partial charge in [-0.2, -0.15) is 0 Å². The van der Waals surface area contributed by atoms with Crippen LogP contribution in [0.15, 0.2) is 0 Å². The number of nitrogens with zero attached hydrogens (tertiary/aromatic N) is 2. The second kappa shape index (κ2) is 7.20. The van der Waals surface area contributed by atoms with Gasteiger partial charge in [-0.25, -0.2) is 12.7 Å². The zero-order chi connectivity index (χ0) is 14.6. The molecule has 1 unspecified atom stereocenters. The number of rotatable bonds is 5. The van der Waals surface area contributed by atoms with E-state index in [0.717, 1.165) is 51.9 Å². The van der Waals surface area contributed by atoms with Gasteiger partial charge in [0.25, 0.3) is 0 Å². The summed E-state index contributed by atoms with van der Waals surface area (Å²) < 4.78 is 26.5. The highest BCUT2D eigenvalue weighted by Crippen LogP contribution is 2.20. The lowest BCUT2D eigenvalue weighted by atomic mass is 9.97. The summed E-state index contributed by atoms with van der Waals surface area (Å²) in [4.78, 5) is 2.32. The highest BCUT2D eigenvalue weighted by Gasteiger charge is 2.27. The molecule has 2 fully saturated rings. The van der Waals surface area contributed by atoms with Crippen LogP contribution in [0.3, 0.4) is 0 Å². The van der Waals surface area contributed by atoms with Gasteiger partial charge in [0.1, 0.15) is 0 Å². The summed E-state index contributed by atoms with van der Waals surface area (Å²) >= 11 is 0. The fourth-order valence-corrected chi connectivity index (χ4v) is 4.79. The van der Waals surface area contributed by atoms with E-state index in [1.807, 2.05) is 0 Å². The SMILES string of the molecule is CN1CCC(CN(C)S(=O)(=O)CC2CCCNC2)CC1. The quantitative estimate of drug-likeness (QED) is 0.808. The first-order valence-corrected chi connectivity index (χ1v) is 9.41.